The lowest BCUT2D eigenvalue weighted by atomic mass is 9.60. The number of anilines is 6. The molecule has 2 spiro atoms. The van der Waals surface area contributed by atoms with Crippen LogP contribution in [0.3, 0.4) is 0 Å². The van der Waals surface area contributed by atoms with Gasteiger partial charge in [-0.1, -0.05) is 364 Å². The van der Waals surface area contributed by atoms with Crippen molar-refractivity contribution in [3.8, 4) is 78.1 Å². The van der Waals surface area contributed by atoms with Gasteiger partial charge in [0.05, 0.1) is 50.0 Å². The van der Waals surface area contributed by atoms with Crippen molar-refractivity contribution >= 4 is 77.7 Å². The zero-order valence-corrected chi connectivity index (χ0v) is 74.5. The molecule has 18 aromatic carbocycles. The van der Waals surface area contributed by atoms with Crippen LogP contribution in [0.4, 0.5) is 34.1 Å². The minimum Gasteiger partial charge on any atom is -0.310 e. The predicted octanol–water partition coefficient (Wildman–Crippen LogP) is 32.8. The van der Waals surface area contributed by atoms with Crippen LogP contribution in [0.15, 0.2) is 406 Å². The highest BCUT2D eigenvalue weighted by Crippen LogP contribution is 2.68. The summed E-state index contributed by atoms with van der Waals surface area (Å²) in [7, 11) is 0. The first-order valence-corrected chi connectivity index (χ1v) is 46.7. The largest absolute Gasteiger partial charge is 0.310 e. The number of aromatic nitrogens is 2. The minimum atomic E-state index is -0.627. The van der Waals surface area contributed by atoms with Crippen LogP contribution in [0.5, 0.6) is 0 Å². The number of nitrogens with zero attached hydrogens (tertiary/aromatic N) is 4. The molecule has 0 aliphatic heterocycles. The van der Waals surface area contributed by atoms with E-state index in [0.29, 0.717) is 0 Å². The van der Waals surface area contributed by atoms with Crippen LogP contribution in [-0.2, 0) is 38.9 Å². The summed E-state index contributed by atoms with van der Waals surface area (Å²) in [5.41, 5.74) is 45.1. The van der Waals surface area contributed by atoms with Crippen molar-refractivity contribution < 1.29 is 0 Å². The molecule has 130 heavy (non-hydrogen) atoms. The molecule has 2 unspecified atom stereocenters. The Hall–Kier alpha value is -14.8. The van der Waals surface area contributed by atoms with Crippen LogP contribution in [0, 0.1) is 0 Å². The zero-order chi connectivity index (χ0) is 86.9. The monoisotopic (exact) mass is 1670 g/mol. The maximum atomic E-state index is 2.62. The van der Waals surface area contributed by atoms with Gasteiger partial charge in [-0.3, -0.25) is 0 Å². The third kappa shape index (κ3) is 10.8. The van der Waals surface area contributed by atoms with Gasteiger partial charge in [-0.25, -0.2) is 0 Å². The number of para-hydroxylation sites is 4. The fourth-order valence-electron chi connectivity index (χ4n) is 25.4. The first-order chi connectivity index (χ1) is 63.6. The quantitative estimate of drug-likeness (QED) is 0.121. The Balaban J connectivity index is 0.616. The van der Waals surface area contributed by atoms with Crippen LogP contribution >= 0.6 is 0 Å². The van der Waals surface area contributed by atoms with Crippen molar-refractivity contribution in [2.24, 2.45) is 0 Å². The number of fused-ring (bicyclic) bond motifs is 28. The van der Waals surface area contributed by atoms with Gasteiger partial charge in [-0.2, -0.15) is 0 Å². The molecule has 20 aromatic rings. The van der Waals surface area contributed by atoms with E-state index in [1.807, 2.05) is 0 Å². The number of hydrogen-bond acceptors (Lipinski definition) is 2. The van der Waals surface area contributed by atoms with E-state index in [0.717, 1.165) is 70.9 Å². The Morgan fingerprint density at radius 1 is 0.223 bits per heavy atom. The average Bonchev–Trinajstić information content (AvgIpc) is 1.51. The normalized spacial score (nSPS) is 17.3. The lowest BCUT2D eigenvalue weighted by molar-refractivity contribution is 0.310. The summed E-state index contributed by atoms with van der Waals surface area (Å²) in [5, 5.41) is 4.93. The standard InChI is InChI=1S/C126H98N4/c1-121(2)69-70-123(5,6)111-75-84(61-67-107(111)121)129-115-54-30-21-43-95(115)97-64-59-86(77-118(97)129)127(113-52-28-19-37-88(113)81-33-10-8-11-34-81)83-58-63-94-92-41-16-25-48-103(92)126(110(94)74-83)104-49-26-17-42-93(104)100-73-80(57-66-106(100)126)79-124(7)72-71-122(3,4)108-68-62-85(76-112(108)124)130-116-55-31-22-44-96(116)98-65-60-87(78-119(98)130)128(114-53-29-20-38-89(114)82-35-12-9-13-36-82)117-56-32-51-109-120(117)99-45-18-27-50-105(99)125(109)101-46-23-14-39-90(101)91-40-15-24-47-102(91)125/h8-68,73-78H,69-72,79H2,1-7H3. The Labute approximate surface area is 761 Å². The summed E-state index contributed by atoms with van der Waals surface area (Å²) in [5.74, 6) is 0. The van der Waals surface area contributed by atoms with Crippen LogP contribution in [0.25, 0.3) is 122 Å². The fraction of sp³-hybridized carbons (Fsp3) is 0.143. The van der Waals surface area contributed by atoms with Gasteiger partial charge in [0.2, 0.25) is 0 Å². The smallest absolute Gasteiger partial charge is 0.0726 e. The van der Waals surface area contributed by atoms with Crippen LogP contribution < -0.4 is 9.80 Å². The number of benzene rings is 18. The summed E-state index contributed by atoms with van der Waals surface area (Å²) >= 11 is 0. The molecule has 0 bridgehead atoms. The molecule has 0 fully saturated rings. The molecule has 2 heterocycles. The molecule has 2 atom stereocenters. The maximum Gasteiger partial charge on any atom is 0.0726 e. The molecule has 0 saturated carbocycles. The zero-order valence-electron chi connectivity index (χ0n) is 74.5. The van der Waals surface area contributed by atoms with Crippen molar-refractivity contribution in [2.45, 2.75) is 113 Å². The summed E-state index contributed by atoms with van der Waals surface area (Å²) in [6, 6.07) is 156. The summed E-state index contributed by atoms with van der Waals surface area (Å²) in [6.45, 7) is 17.3. The van der Waals surface area contributed by atoms with E-state index >= 15 is 0 Å². The van der Waals surface area contributed by atoms with Crippen molar-refractivity contribution in [2.75, 3.05) is 9.80 Å². The van der Waals surface area contributed by atoms with E-state index in [2.05, 4.69) is 474 Å². The molecule has 0 amide bonds. The second-order valence-electron chi connectivity index (χ2n) is 39.9. The summed E-state index contributed by atoms with van der Waals surface area (Å²) < 4.78 is 5.14. The molecule has 0 radical (unpaired) electrons. The number of rotatable bonds is 12. The minimum absolute atomic E-state index is 0.0411. The van der Waals surface area contributed by atoms with E-state index < -0.39 is 10.8 Å². The Morgan fingerprint density at radius 2 is 0.592 bits per heavy atom. The van der Waals surface area contributed by atoms with Crippen molar-refractivity contribution in [3.63, 3.8) is 0 Å². The Morgan fingerprint density at radius 3 is 1.15 bits per heavy atom. The highest BCUT2D eigenvalue weighted by Gasteiger charge is 2.55. The van der Waals surface area contributed by atoms with E-state index in [9.17, 15) is 0 Å². The summed E-state index contributed by atoms with van der Waals surface area (Å²) in [6.07, 6.45) is 5.31. The molecule has 4 nitrogen and oxygen atoms in total. The van der Waals surface area contributed by atoms with Crippen molar-refractivity contribution in [3.05, 3.63) is 479 Å². The second-order valence-corrected chi connectivity index (χ2v) is 39.9. The highest BCUT2D eigenvalue weighted by molar-refractivity contribution is 6.13. The van der Waals surface area contributed by atoms with Crippen molar-refractivity contribution in [1.82, 2.24) is 9.13 Å². The molecule has 6 aliphatic rings. The first kappa shape index (κ1) is 76.4. The van der Waals surface area contributed by atoms with E-state index in [1.54, 1.807) is 0 Å². The lowest BCUT2D eigenvalue weighted by Gasteiger charge is -2.44. The van der Waals surface area contributed by atoms with Gasteiger partial charge in [0.15, 0.2) is 0 Å². The van der Waals surface area contributed by atoms with E-state index in [-0.39, 0.29) is 21.7 Å². The third-order valence-electron chi connectivity index (χ3n) is 31.6. The highest BCUT2D eigenvalue weighted by atomic mass is 15.2. The van der Waals surface area contributed by atoms with Gasteiger partial charge < -0.3 is 18.9 Å². The van der Waals surface area contributed by atoms with Gasteiger partial charge in [0.25, 0.3) is 0 Å². The van der Waals surface area contributed by atoms with Gasteiger partial charge in [-0.05, 0) is 267 Å². The fourth-order valence-corrected chi connectivity index (χ4v) is 25.4. The van der Waals surface area contributed by atoms with Crippen LogP contribution in [0.1, 0.15) is 146 Å². The molecule has 0 N–H and O–H groups in total. The Bertz CT molecular complexity index is 8120. The van der Waals surface area contributed by atoms with Crippen molar-refractivity contribution in [1.29, 1.82) is 0 Å². The number of hydrogen-bond donors (Lipinski definition) is 0. The predicted molar refractivity (Wildman–Crippen MR) is 543 cm³/mol. The molecule has 26 rings (SSSR count). The van der Waals surface area contributed by atoms with Crippen LogP contribution in [0.2, 0.25) is 0 Å². The van der Waals surface area contributed by atoms with Gasteiger partial charge in [0, 0.05) is 66.7 Å². The topological polar surface area (TPSA) is 16.3 Å². The maximum absolute atomic E-state index is 2.62. The molecule has 622 valence electrons. The second kappa shape index (κ2) is 28.1. The van der Waals surface area contributed by atoms with Gasteiger partial charge in [-0.15, -0.1) is 0 Å². The molecule has 2 aromatic heterocycles. The summed E-state index contributed by atoms with van der Waals surface area (Å²) in [4.78, 5) is 5.16. The first-order valence-electron chi connectivity index (χ1n) is 46.7. The van der Waals surface area contributed by atoms with Gasteiger partial charge >= 0.3 is 0 Å². The molecule has 4 heteroatoms. The Kier molecular flexibility index (Phi) is 16.5. The molecular weight excluding hydrogens is 1570 g/mol. The molecule has 6 aliphatic carbocycles. The molecular formula is C126H98N4. The molecule has 0 saturated heterocycles. The van der Waals surface area contributed by atoms with E-state index in [4.69, 9.17) is 0 Å². The van der Waals surface area contributed by atoms with E-state index in [1.165, 1.54) is 189 Å². The SMILES string of the molecule is CC1(C)CCC(C)(C)c2cc(-n3c4ccccc4c4ccc(N(c5ccc6c(c5)C5(c7ccccc7-c7cc(CC8(C)CCC(C)(C)c9ccc(-n%10c%11ccccc%11c%11ccc(N(c%12ccccc%12-c%12ccccc%12)c%12cccc%13c%12-c%12ccccc%12C%13%12c%13ccccc%13-c%13ccccc%13%12)cc%11%10)cc98)ccc75)c5ccccc5-6)c5ccccc5-c5ccccc5)cc43)ccc21. The average molecular weight is 1670 g/mol. The lowest BCUT2D eigenvalue weighted by Crippen LogP contribution is -2.37. The third-order valence-corrected chi connectivity index (χ3v) is 31.6. The van der Waals surface area contributed by atoms with Gasteiger partial charge in [0.1, 0.15) is 0 Å². The van der Waals surface area contributed by atoms with Crippen LogP contribution in [-0.4, -0.2) is 9.13 Å².